The molecule has 2 heterocycles. The molecule has 0 saturated carbocycles. The van der Waals surface area contributed by atoms with Crippen molar-refractivity contribution >= 4 is 51.7 Å². The summed E-state index contributed by atoms with van der Waals surface area (Å²) in [5.74, 6) is -0.0920. The summed E-state index contributed by atoms with van der Waals surface area (Å²) in [6.07, 6.45) is 0. The molecule has 8 nitrogen and oxygen atoms in total. The van der Waals surface area contributed by atoms with Crippen LogP contribution in [0.4, 0.5) is 5.69 Å². The SMILES string of the molecule is O=c1cc(CSc2ccc(Cl)cc2)nc(Sc2c([O-])nc3ccc([N+](=O)[O-])cc3c2-c2ccccc2)[nH]1.[Na+]. The van der Waals surface area contributed by atoms with Crippen LogP contribution in [0.15, 0.2) is 98.6 Å². The summed E-state index contributed by atoms with van der Waals surface area (Å²) >= 11 is 8.42. The van der Waals surface area contributed by atoms with Crippen molar-refractivity contribution in [1.82, 2.24) is 15.0 Å². The van der Waals surface area contributed by atoms with Gasteiger partial charge in [0.1, 0.15) is 0 Å². The molecule has 38 heavy (non-hydrogen) atoms. The zero-order valence-electron chi connectivity index (χ0n) is 19.9. The number of nitrogens with one attached hydrogen (secondary N) is 1. The number of fused-ring (bicyclic) bond motifs is 1. The van der Waals surface area contributed by atoms with Gasteiger partial charge in [0, 0.05) is 55.6 Å². The Morgan fingerprint density at radius 3 is 2.42 bits per heavy atom. The predicted molar refractivity (Wildman–Crippen MR) is 143 cm³/mol. The number of hydrogen-bond donors (Lipinski definition) is 1. The van der Waals surface area contributed by atoms with Crippen molar-refractivity contribution in [3.8, 4) is 17.0 Å². The van der Waals surface area contributed by atoms with Crippen LogP contribution in [0.5, 0.6) is 5.88 Å². The molecule has 12 heteroatoms. The predicted octanol–water partition coefficient (Wildman–Crippen LogP) is 3.07. The molecule has 5 aromatic rings. The van der Waals surface area contributed by atoms with Crippen molar-refractivity contribution in [1.29, 1.82) is 0 Å². The van der Waals surface area contributed by atoms with E-state index in [-0.39, 0.29) is 50.9 Å². The van der Waals surface area contributed by atoms with Crippen LogP contribution in [0, 0.1) is 10.1 Å². The van der Waals surface area contributed by atoms with E-state index in [4.69, 9.17) is 11.6 Å². The first-order chi connectivity index (χ1) is 17.9. The maximum Gasteiger partial charge on any atom is 1.00 e. The fourth-order valence-electron chi connectivity index (χ4n) is 3.70. The summed E-state index contributed by atoms with van der Waals surface area (Å²) in [5.41, 5.74) is 1.58. The van der Waals surface area contributed by atoms with E-state index in [1.165, 1.54) is 36.0 Å². The van der Waals surface area contributed by atoms with E-state index in [0.29, 0.717) is 38.5 Å². The van der Waals surface area contributed by atoms with Gasteiger partial charge < -0.3 is 10.1 Å². The minimum Gasteiger partial charge on any atom is -0.858 e. The van der Waals surface area contributed by atoms with E-state index in [9.17, 15) is 20.0 Å². The van der Waals surface area contributed by atoms with Gasteiger partial charge in [-0.05, 0) is 35.9 Å². The molecule has 5 rings (SSSR count). The van der Waals surface area contributed by atoms with Gasteiger partial charge in [-0.3, -0.25) is 19.9 Å². The number of halogens is 1. The van der Waals surface area contributed by atoms with Gasteiger partial charge in [-0.2, -0.15) is 0 Å². The standard InChI is InChI=1S/C26H17ClN4O4S2.Na/c27-16-6-9-19(10-7-16)36-14-17-12-22(32)30-26(28-17)37-24-23(15-4-2-1-3-5-15)20-13-18(31(34)35)8-11-21(20)29-25(24)33;/h1-13H,14H2,(H,29,33)(H,28,30,32);/q;+1/p-1. The molecule has 0 unspecified atom stereocenters. The molecule has 0 radical (unpaired) electrons. The second-order valence-electron chi connectivity index (χ2n) is 7.83. The number of aromatic amines is 1. The van der Waals surface area contributed by atoms with Gasteiger partial charge >= 0.3 is 29.6 Å². The fraction of sp³-hybridized carbons (Fsp3) is 0.0385. The Morgan fingerprint density at radius 2 is 1.71 bits per heavy atom. The summed E-state index contributed by atoms with van der Waals surface area (Å²) < 4.78 is 0. The first-order valence-electron chi connectivity index (χ1n) is 10.9. The van der Waals surface area contributed by atoms with E-state index in [1.54, 1.807) is 12.1 Å². The van der Waals surface area contributed by atoms with Gasteiger partial charge in [-0.15, -0.1) is 11.8 Å². The molecule has 0 fully saturated rings. The minimum atomic E-state index is -0.520. The van der Waals surface area contributed by atoms with E-state index in [2.05, 4.69) is 15.0 Å². The summed E-state index contributed by atoms with van der Waals surface area (Å²) in [6.45, 7) is 0. The van der Waals surface area contributed by atoms with E-state index in [0.717, 1.165) is 16.7 Å². The van der Waals surface area contributed by atoms with Gasteiger partial charge in [0.25, 0.3) is 11.2 Å². The molecule has 0 saturated heterocycles. The Kier molecular flexibility index (Phi) is 9.14. The zero-order valence-corrected chi connectivity index (χ0v) is 24.3. The Balaban J connectivity index is 0.00000336. The zero-order chi connectivity index (χ0) is 25.9. The van der Waals surface area contributed by atoms with Crippen LogP contribution in [0.2, 0.25) is 5.02 Å². The average molecular weight is 571 g/mol. The molecule has 0 spiro atoms. The van der Waals surface area contributed by atoms with Crippen LogP contribution in [0.3, 0.4) is 0 Å². The number of non-ortho nitro benzene ring substituents is 1. The number of rotatable bonds is 7. The van der Waals surface area contributed by atoms with E-state index < -0.39 is 10.8 Å². The van der Waals surface area contributed by atoms with Crippen molar-refractivity contribution in [2.45, 2.75) is 20.7 Å². The Labute approximate surface area is 252 Å². The Hall–Kier alpha value is -2.86. The molecule has 3 aromatic carbocycles. The van der Waals surface area contributed by atoms with E-state index >= 15 is 0 Å². The monoisotopic (exact) mass is 570 g/mol. The maximum absolute atomic E-state index is 13.2. The van der Waals surface area contributed by atoms with Gasteiger partial charge in [-0.25, -0.2) is 4.98 Å². The van der Waals surface area contributed by atoms with Crippen molar-refractivity contribution in [3.63, 3.8) is 0 Å². The van der Waals surface area contributed by atoms with E-state index in [1.807, 2.05) is 42.5 Å². The Bertz CT molecular complexity index is 1690. The molecular weight excluding hydrogens is 555 g/mol. The number of H-pyrrole nitrogens is 1. The average Bonchev–Trinajstić information content (AvgIpc) is 2.89. The van der Waals surface area contributed by atoms with Crippen molar-refractivity contribution in [2.24, 2.45) is 0 Å². The summed E-state index contributed by atoms with van der Waals surface area (Å²) in [4.78, 5) is 35.9. The number of nitrogens with zero attached hydrogens (tertiary/aromatic N) is 3. The number of pyridine rings is 1. The molecule has 184 valence electrons. The maximum atomic E-state index is 13.2. The number of nitro benzene ring substituents is 1. The number of nitro groups is 1. The molecular formula is C26H16ClN4NaO4S2. The van der Waals surface area contributed by atoms with Gasteiger partial charge in [-0.1, -0.05) is 53.7 Å². The van der Waals surface area contributed by atoms with Crippen LogP contribution >= 0.6 is 35.1 Å². The minimum absolute atomic E-state index is 0. The van der Waals surface area contributed by atoms with Crippen LogP contribution in [0.1, 0.15) is 5.69 Å². The van der Waals surface area contributed by atoms with Crippen LogP contribution in [-0.4, -0.2) is 19.9 Å². The second kappa shape index (κ2) is 12.3. The third kappa shape index (κ3) is 6.40. The summed E-state index contributed by atoms with van der Waals surface area (Å²) in [6, 6.07) is 22.0. The first kappa shape index (κ1) is 28.2. The third-order valence-electron chi connectivity index (χ3n) is 5.34. The topological polar surface area (TPSA) is 125 Å². The van der Waals surface area contributed by atoms with Gasteiger partial charge in [0.2, 0.25) is 0 Å². The third-order valence-corrected chi connectivity index (χ3v) is 7.61. The quantitative estimate of drug-likeness (QED) is 0.104. The number of benzene rings is 3. The van der Waals surface area contributed by atoms with Crippen LogP contribution < -0.4 is 40.2 Å². The normalized spacial score (nSPS) is 10.8. The van der Waals surface area contributed by atoms with Crippen LogP contribution in [0.25, 0.3) is 22.0 Å². The fourth-order valence-corrected chi connectivity index (χ4v) is 5.59. The second-order valence-corrected chi connectivity index (χ2v) is 10.3. The van der Waals surface area contributed by atoms with Crippen molar-refractivity contribution in [3.05, 3.63) is 110 Å². The molecule has 0 aliphatic rings. The van der Waals surface area contributed by atoms with Crippen LogP contribution in [-0.2, 0) is 5.75 Å². The molecule has 0 aliphatic carbocycles. The van der Waals surface area contributed by atoms with Gasteiger partial charge in [0.15, 0.2) is 5.16 Å². The molecule has 0 atom stereocenters. The van der Waals surface area contributed by atoms with Crippen molar-refractivity contribution < 1.29 is 39.6 Å². The number of thioether (sulfide) groups is 1. The summed E-state index contributed by atoms with van der Waals surface area (Å²) in [7, 11) is 0. The molecule has 2 aromatic heterocycles. The molecule has 0 aliphatic heterocycles. The molecule has 0 bridgehead atoms. The molecule has 0 amide bonds. The number of aromatic nitrogens is 3. The molecule has 1 N–H and O–H groups in total. The van der Waals surface area contributed by atoms with Crippen molar-refractivity contribution in [2.75, 3.05) is 0 Å². The largest absolute Gasteiger partial charge is 1.00 e. The summed E-state index contributed by atoms with van der Waals surface area (Å²) in [5, 5.41) is 25.9. The smallest absolute Gasteiger partial charge is 0.858 e. The van der Waals surface area contributed by atoms with Gasteiger partial charge in [0.05, 0.1) is 16.1 Å². The first-order valence-corrected chi connectivity index (χ1v) is 13.1. The Morgan fingerprint density at radius 1 is 0.974 bits per heavy atom. The number of hydrogen-bond acceptors (Lipinski definition) is 8.